The molecular weight excluding hydrogens is 391 g/mol. The van der Waals surface area contributed by atoms with Gasteiger partial charge in [0.1, 0.15) is 11.8 Å². The number of unbranched alkanes of at least 4 members (excludes halogenated alkanes) is 1. The lowest BCUT2D eigenvalue weighted by molar-refractivity contribution is -0.125. The molecule has 7 N–H and O–H groups in total. The lowest BCUT2D eigenvalue weighted by Crippen LogP contribution is -2.54. The zero-order valence-electron chi connectivity index (χ0n) is 16.4. The summed E-state index contributed by atoms with van der Waals surface area (Å²) in [6.45, 7) is 0.715. The molecule has 0 saturated heterocycles. The topological polar surface area (TPSA) is 179 Å². The minimum absolute atomic E-state index is 0.0343. The molecule has 0 saturated carbocycles. The highest BCUT2D eigenvalue weighted by Gasteiger charge is 2.39. The number of carbonyl (C=O) groups is 2. The first-order valence-electron chi connectivity index (χ1n) is 9.75. The molecule has 1 aliphatic heterocycles. The minimum Gasteiger partial charge on any atom is -0.534 e. The second-order valence-corrected chi connectivity index (χ2v) is 7.12. The summed E-state index contributed by atoms with van der Waals surface area (Å²) >= 11 is 0. The number of nitrogens with one attached hydrogen (secondary N) is 1. The van der Waals surface area contributed by atoms with Crippen molar-refractivity contribution in [3.63, 3.8) is 0 Å². The van der Waals surface area contributed by atoms with Crippen LogP contribution in [0.15, 0.2) is 24.4 Å². The van der Waals surface area contributed by atoms with Gasteiger partial charge in [-0.15, -0.1) is 5.10 Å². The van der Waals surface area contributed by atoms with Crippen LogP contribution in [0.25, 0.3) is 0 Å². The smallest absolute Gasteiger partial charge is 0.534 e. The highest BCUT2D eigenvalue weighted by Crippen LogP contribution is 2.30. The Kier molecular flexibility index (Phi) is 7.03. The minimum atomic E-state index is -1.39. The summed E-state index contributed by atoms with van der Waals surface area (Å²) in [4.78, 5) is 24.4. The zero-order chi connectivity index (χ0) is 21.7. The number of aromatic nitrogens is 3. The molecule has 12 heteroatoms. The van der Waals surface area contributed by atoms with E-state index in [4.69, 9.17) is 16.1 Å². The van der Waals surface area contributed by atoms with Crippen LogP contribution in [0.4, 0.5) is 0 Å². The quantitative estimate of drug-likeness (QED) is 0.260. The molecule has 2 aromatic rings. The van der Waals surface area contributed by atoms with Crippen molar-refractivity contribution < 1.29 is 24.4 Å². The Balaban J connectivity index is 1.76. The van der Waals surface area contributed by atoms with Gasteiger partial charge in [-0.3, -0.25) is 4.79 Å². The van der Waals surface area contributed by atoms with E-state index in [2.05, 4.69) is 15.6 Å². The van der Waals surface area contributed by atoms with E-state index in [-0.39, 0.29) is 30.2 Å². The number of rotatable bonds is 9. The molecule has 160 valence electrons. The average molecular weight is 416 g/mol. The van der Waals surface area contributed by atoms with Gasteiger partial charge in [-0.2, -0.15) is 0 Å². The maximum Gasteiger partial charge on any atom is 0.547 e. The van der Waals surface area contributed by atoms with Crippen LogP contribution in [0, 0.1) is 0 Å². The van der Waals surface area contributed by atoms with Crippen molar-refractivity contribution in [1.29, 1.82) is 0 Å². The third kappa shape index (κ3) is 4.78. The third-order valence-electron chi connectivity index (χ3n) is 5.00. The fourth-order valence-electron chi connectivity index (χ4n) is 3.42. The molecule has 30 heavy (non-hydrogen) atoms. The molecule has 1 unspecified atom stereocenters. The van der Waals surface area contributed by atoms with E-state index in [0.717, 1.165) is 6.42 Å². The zero-order valence-corrected chi connectivity index (χ0v) is 16.4. The summed E-state index contributed by atoms with van der Waals surface area (Å²) in [5.74, 6) is -2.13. The molecule has 0 bridgehead atoms. The predicted octanol–water partition coefficient (Wildman–Crippen LogP) is -0.755. The Morgan fingerprint density at radius 3 is 2.83 bits per heavy atom. The molecule has 0 spiro atoms. The first kappa shape index (κ1) is 21.7. The van der Waals surface area contributed by atoms with Crippen LogP contribution in [0.1, 0.15) is 46.9 Å². The molecule has 0 radical (unpaired) electrons. The van der Waals surface area contributed by atoms with Crippen molar-refractivity contribution >= 4 is 19.0 Å². The molecule has 2 heterocycles. The van der Waals surface area contributed by atoms with E-state index in [1.54, 1.807) is 18.3 Å². The van der Waals surface area contributed by atoms with Gasteiger partial charge in [-0.1, -0.05) is 17.3 Å². The van der Waals surface area contributed by atoms with Crippen molar-refractivity contribution in [3.8, 4) is 5.75 Å². The summed E-state index contributed by atoms with van der Waals surface area (Å²) in [7, 11) is -1.39. The molecular formula is C18H25BN6O5. The second kappa shape index (κ2) is 9.70. The van der Waals surface area contributed by atoms with Gasteiger partial charge in [0.25, 0.3) is 0 Å². The molecule has 0 aliphatic carbocycles. The van der Waals surface area contributed by atoms with Crippen molar-refractivity contribution in [1.82, 2.24) is 20.3 Å². The van der Waals surface area contributed by atoms with E-state index in [9.17, 15) is 19.7 Å². The van der Waals surface area contributed by atoms with Gasteiger partial charge in [0, 0.05) is 6.54 Å². The summed E-state index contributed by atoms with van der Waals surface area (Å²) in [5.41, 5.74) is 12.3. The number of carboxylic acid groups (broad SMARTS) is 1. The molecule has 11 nitrogen and oxygen atoms in total. The summed E-state index contributed by atoms with van der Waals surface area (Å²) in [6, 6.07) is 4.06. The number of aromatic carboxylic acids is 1. The monoisotopic (exact) mass is 416 g/mol. The fourth-order valence-corrected chi connectivity index (χ4v) is 3.42. The van der Waals surface area contributed by atoms with Gasteiger partial charge in [0.15, 0.2) is 0 Å². The fraction of sp³-hybridized carbons (Fsp3) is 0.444. The Morgan fingerprint density at radius 1 is 1.37 bits per heavy atom. The number of carboxylic acids is 1. The first-order valence-corrected chi connectivity index (χ1v) is 9.75. The lowest BCUT2D eigenvalue weighted by Gasteiger charge is -2.30. The standard InChI is InChI=1S/C18H25BN6O5/c20-7-2-1-6-14(25-10-12(9-21)23-24-25)17(26)22-15-8-11-4-3-5-13(18(27)28)16(11)30-19(15)29/h3-5,10,14-15,29H,1-2,6-9,20-21H2,(H,22,26)(H,27,28)/t14?,15-/m0/s1. The number of nitrogens with zero attached hydrogens (tertiary/aromatic N) is 3. The Morgan fingerprint density at radius 2 is 2.17 bits per heavy atom. The maximum absolute atomic E-state index is 13.0. The van der Waals surface area contributed by atoms with E-state index < -0.39 is 25.1 Å². The van der Waals surface area contributed by atoms with E-state index >= 15 is 0 Å². The number of carbonyl (C=O) groups excluding carboxylic acids is 1. The largest absolute Gasteiger partial charge is 0.547 e. The number of fused-ring (bicyclic) bond motifs is 1. The number of benzene rings is 1. The first-order chi connectivity index (χ1) is 14.4. The van der Waals surface area contributed by atoms with E-state index in [0.29, 0.717) is 30.6 Å². The molecule has 0 fully saturated rings. The Labute approximate surface area is 173 Å². The number of amides is 1. The summed E-state index contributed by atoms with van der Waals surface area (Å²) < 4.78 is 6.89. The number of para-hydroxylation sites is 1. The van der Waals surface area contributed by atoms with Crippen molar-refractivity contribution in [2.45, 2.75) is 44.2 Å². The highest BCUT2D eigenvalue weighted by molar-refractivity contribution is 6.47. The maximum atomic E-state index is 13.0. The van der Waals surface area contributed by atoms with Crippen LogP contribution >= 0.6 is 0 Å². The van der Waals surface area contributed by atoms with Crippen LogP contribution in [0.2, 0.25) is 0 Å². The average Bonchev–Trinajstić information content (AvgIpc) is 3.20. The van der Waals surface area contributed by atoms with Crippen LogP contribution in [0.3, 0.4) is 0 Å². The van der Waals surface area contributed by atoms with Crippen LogP contribution in [-0.4, -0.2) is 56.6 Å². The molecule has 1 amide bonds. The molecule has 1 aromatic heterocycles. The molecule has 1 aromatic carbocycles. The second-order valence-electron chi connectivity index (χ2n) is 7.12. The van der Waals surface area contributed by atoms with Gasteiger partial charge in [-0.25, -0.2) is 9.48 Å². The molecule has 2 atom stereocenters. The van der Waals surface area contributed by atoms with Gasteiger partial charge in [-0.05, 0) is 43.9 Å². The van der Waals surface area contributed by atoms with Gasteiger partial charge < -0.3 is 31.6 Å². The van der Waals surface area contributed by atoms with Crippen LogP contribution < -0.4 is 21.4 Å². The Hall–Kier alpha value is -2.96. The van der Waals surface area contributed by atoms with E-state index in [1.165, 1.54) is 10.7 Å². The van der Waals surface area contributed by atoms with E-state index in [1.807, 2.05) is 0 Å². The lowest BCUT2D eigenvalue weighted by atomic mass is 9.72. The number of hydrogen-bond donors (Lipinski definition) is 5. The SMILES string of the molecule is NCCCCC(C(=O)N[C@H]1Cc2cccc(C(=O)O)c2OB1O)n1cc(CN)nn1. The van der Waals surface area contributed by atoms with Crippen LogP contribution in [-0.2, 0) is 17.8 Å². The normalized spacial score (nSPS) is 16.5. The third-order valence-corrected chi connectivity index (χ3v) is 5.00. The van der Waals surface area contributed by atoms with Crippen molar-refractivity contribution in [2.24, 2.45) is 11.5 Å². The van der Waals surface area contributed by atoms with Gasteiger partial charge in [0.2, 0.25) is 5.91 Å². The molecule has 1 aliphatic rings. The summed E-state index contributed by atoms with van der Waals surface area (Å²) in [6.07, 6.45) is 3.79. The number of nitrogens with two attached hydrogens (primary N) is 2. The van der Waals surface area contributed by atoms with Gasteiger partial charge in [0.05, 0.1) is 23.4 Å². The Bertz CT molecular complexity index is 907. The van der Waals surface area contributed by atoms with Gasteiger partial charge >= 0.3 is 13.1 Å². The van der Waals surface area contributed by atoms with Crippen molar-refractivity contribution in [3.05, 3.63) is 41.2 Å². The summed E-state index contributed by atoms with van der Waals surface area (Å²) in [5, 5.41) is 30.4. The number of hydrogen-bond acceptors (Lipinski definition) is 8. The predicted molar refractivity (Wildman–Crippen MR) is 107 cm³/mol. The molecule has 3 rings (SSSR count). The van der Waals surface area contributed by atoms with Crippen LogP contribution in [0.5, 0.6) is 5.75 Å². The van der Waals surface area contributed by atoms with Crippen molar-refractivity contribution in [2.75, 3.05) is 6.54 Å². The highest BCUT2D eigenvalue weighted by atomic mass is 16.5.